The van der Waals surface area contributed by atoms with E-state index in [0.717, 1.165) is 5.56 Å². The lowest BCUT2D eigenvalue weighted by atomic mass is 10.1. The zero-order valence-corrected chi connectivity index (χ0v) is 8.38. The van der Waals surface area contributed by atoms with E-state index >= 15 is 0 Å². The zero-order valence-electron chi connectivity index (χ0n) is 8.38. The third-order valence-corrected chi connectivity index (χ3v) is 1.68. The van der Waals surface area contributed by atoms with Crippen molar-refractivity contribution in [2.24, 2.45) is 4.99 Å². The van der Waals surface area contributed by atoms with Gasteiger partial charge in [0.15, 0.2) is 6.04 Å². The van der Waals surface area contributed by atoms with E-state index in [0.29, 0.717) is 0 Å². The molecule has 0 aliphatic carbocycles. The van der Waals surface area contributed by atoms with Crippen LogP contribution in [-0.4, -0.2) is 25.3 Å². The second-order valence-electron chi connectivity index (χ2n) is 3.17. The summed E-state index contributed by atoms with van der Waals surface area (Å²) in [5.74, 6) is 0. The van der Waals surface area contributed by atoms with Crippen molar-refractivity contribution in [3.63, 3.8) is 0 Å². The van der Waals surface area contributed by atoms with Crippen LogP contribution in [0.25, 0.3) is 0 Å². The van der Waals surface area contributed by atoms with Gasteiger partial charge in [0, 0.05) is 14.1 Å². The number of hydrogen-bond donors (Lipinski definition) is 0. The summed E-state index contributed by atoms with van der Waals surface area (Å²) in [6, 6.07) is 11.3. The van der Waals surface area contributed by atoms with Gasteiger partial charge in [0.05, 0.1) is 12.4 Å². The third kappa shape index (κ3) is 2.91. The first-order chi connectivity index (χ1) is 6.74. The lowest BCUT2D eigenvalue weighted by molar-refractivity contribution is 0.635. The van der Waals surface area contributed by atoms with Crippen molar-refractivity contribution >= 4 is 6.34 Å². The Bertz CT molecular complexity index is 335. The minimum atomic E-state index is -0.404. The van der Waals surface area contributed by atoms with Crippen molar-refractivity contribution in [3.05, 3.63) is 35.9 Å². The molecule has 72 valence electrons. The van der Waals surface area contributed by atoms with Crippen LogP contribution in [0.2, 0.25) is 0 Å². The van der Waals surface area contributed by atoms with Crippen LogP contribution in [0.15, 0.2) is 35.3 Å². The van der Waals surface area contributed by atoms with Crippen molar-refractivity contribution in [1.29, 1.82) is 5.26 Å². The average Bonchev–Trinajstić information content (AvgIpc) is 2.20. The Labute approximate surface area is 84.3 Å². The van der Waals surface area contributed by atoms with E-state index in [-0.39, 0.29) is 0 Å². The SMILES string of the molecule is CN(C)C=N[C@H](C#N)c1ccccc1. The lowest BCUT2D eigenvalue weighted by Gasteiger charge is -2.06. The molecular formula is C11H13N3. The molecule has 0 aliphatic heterocycles. The number of benzene rings is 1. The van der Waals surface area contributed by atoms with Crippen LogP contribution in [0, 0.1) is 11.3 Å². The molecule has 0 heterocycles. The molecule has 1 aromatic carbocycles. The zero-order chi connectivity index (χ0) is 10.4. The molecule has 1 aromatic rings. The molecule has 0 fully saturated rings. The quantitative estimate of drug-likeness (QED) is 0.535. The Hall–Kier alpha value is -1.82. The van der Waals surface area contributed by atoms with E-state index in [1.54, 1.807) is 6.34 Å². The van der Waals surface area contributed by atoms with Crippen LogP contribution in [0.4, 0.5) is 0 Å². The Morgan fingerprint density at radius 3 is 2.50 bits per heavy atom. The molecular weight excluding hydrogens is 174 g/mol. The van der Waals surface area contributed by atoms with Crippen molar-refractivity contribution in [1.82, 2.24) is 4.90 Å². The highest BCUT2D eigenvalue weighted by molar-refractivity contribution is 5.55. The number of nitrogens with zero attached hydrogens (tertiary/aromatic N) is 3. The predicted octanol–water partition coefficient (Wildman–Crippen LogP) is 1.84. The van der Waals surface area contributed by atoms with Crippen LogP contribution in [0.3, 0.4) is 0 Å². The number of hydrogen-bond acceptors (Lipinski definition) is 2. The summed E-state index contributed by atoms with van der Waals surface area (Å²) in [5, 5.41) is 8.91. The van der Waals surface area contributed by atoms with Gasteiger partial charge >= 0.3 is 0 Å². The summed E-state index contributed by atoms with van der Waals surface area (Å²) in [6.45, 7) is 0. The number of rotatable bonds is 3. The van der Waals surface area contributed by atoms with Crippen LogP contribution in [-0.2, 0) is 0 Å². The normalized spacial score (nSPS) is 12.4. The molecule has 3 heteroatoms. The lowest BCUT2D eigenvalue weighted by Crippen LogP contribution is -2.08. The molecule has 0 amide bonds. The Morgan fingerprint density at radius 1 is 1.36 bits per heavy atom. The Morgan fingerprint density at radius 2 is 2.00 bits per heavy atom. The topological polar surface area (TPSA) is 39.4 Å². The highest BCUT2D eigenvalue weighted by Gasteiger charge is 2.05. The van der Waals surface area contributed by atoms with Crippen molar-refractivity contribution in [3.8, 4) is 6.07 Å². The smallest absolute Gasteiger partial charge is 0.163 e. The van der Waals surface area contributed by atoms with Gasteiger partial charge < -0.3 is 4.90 Å². The summed E-state index contributed by atoms with van der Waals surface area (Å²) in [5.41, 5.74) is 0.924. The summed E-state index contributed by atoms with van der Waals surface area (Å²) in [7, 11) is 3.76. The molecule has 0 bridgehead atoms. The van der Waals surface area contributed by atoms with Crippen LogP contribution in [0.1, 0.15) is 11.6 Å². The maximum atomic E-state index is 8.91. The molecule has 0 unspecified atom stereocenters. The monoisotopic (exact) mass is 187 g/mol. The number of nitriles is 1. The minimum Gasteiger partial charge on any atom is -0.369 e. The first-order valence-corrected chi connectivity index (χ1v) is 4.38. The van der Waals surface area contributed by atoms with Crippen LogP contribution >= 0.6 is 0 Å². The van der Waals surface area contributed by atoms with E-state index < -0.39 is 6.04 Å². The standard InChI is InChI=1S/C11H13N3/c1-14(2)9-13-11(8-12)10-6-4-3-5-7-10/h3-7,9,11H,1-2H3/t11-/m1/s1. The molecule has 3 nitrogen and oxygen atoms in total. The second-order valence-corrected chi connectivity index (χ2v) is 3.17. The molecule has 0 spiro atoms. The van der Waals surface area contributed by atoms with Gasteiger partial charge in [0.1, 0.15) is 0 Å². The first-order valence-electron chi connectivity index (χ1n) is 4.38. The highest BCUT2D eigenvalue weighted by atomic mass is 15.1. The second kappa shape index (κ2) is 5.03. The predicted molar refractivity (Wildman–Crippen MR) is 57.0 cm³/mol. The van der Waals surface area contributed by atoms with Crippen molar-refractivity contribution in [2.45, 2.75) is 6.04 Å². The fourth-order valence-electron chi connectivity index (χ4n) is 1.03. The van der Waals surface area contributed by atoms with Crippen LogP contribution < -0.4 is 0 Å². The van der Waals surface area contributed by atoms with Gasteiger partial charge in [0.25, 0.3) is 0 Å². The van der Waals surface area contributed by atoms with E-state index in [1.165, 1.54) is 0 Å². The third-order valence-electron chi connectivity index (χ3n) is 1.68. The van der Waals surface area contributed by atoms with Gasteiger partial charge in [-0.2, -0.15) is 5.26 Å². The maximum absolute atomic E-state index is 8.91. The minimum absolute atomic E-state index is 0.404. The molecule has 0 radical (unpaired) electrons. The van der Waals surface area contributed by atoms with Crippen molar-refractivity contribution in [2.75, 3.05) is 14.1 Å². The molecule has 0 N–H and O–H groups in total. The molecule has 1 rings (SSSR count). The summed E-state index contributed by atoms with van der Waals surface area (Å²) in [6.07, 6.45) is 1.65. The van der Waals surface area contributed by atoms with Gasteiger partial charge in [-0.1, -0.05) is 30.3 Å². The van der Waals surface area contributed by atoms with Gasteiger partial charge in [-0.3, -0.25) is 4.99 Å². The first kappa shape index (κ1) is 10.3. The van der Waals surface area contributed by atoms with E-state index in [1.807, 2.05) is 49.3 Å². The molecule has 0 saturated carbocycles. The number of aliphatic imine (C=N–C) groups is 1. The largest absolute Gasteiger partial charge is 0.369 e. The Balaban J connectivity index is 2.80. The van der Waals surface area contributed by atoms with E-state index in [9.17, 15) is 0 Å². The van der Waals surface area contributed by atoms with Gasteiger partial charge in [-0.15, -0.1) is 0 Å². The fourth-order valence-corrected chi connectivity index (χ4v) is 1.03. The van der Waals surface area contributed by atoms with Gasteiger partial charge in [-0.25, -0.2) is 0 Å². The van der Waals surface area contributed by atoms with Crippen molar-refractivity contribution < 1.29 is 0 Å². The molecule has 0 saturated heterocycles. The summed E-state index contributed by atoms with van der Waals surface area (Å²) >= 11 is 0. The van der Waals surface area contributed by atoms with E-state index in [4.69, 9.17) is 5.26 Å². The van der Waals surface area contributed by atoms with Gasteiger partial charge in [-0.05, 0) is 5.56 Å². The Kier molecular flexibility index (Phi) is 3.69. The molecule has 14 heavy (non-hydrogen) atoms. The van der Waals surface area contributed by atoms with Crippen LogP contribution in [0.5, 0.6) is 0 Å². The summed E-state index contributed by atoms with van der Waals surface area (Å²) in [4.78, 5) is 5.96. The maximum Gasteiger partial charge on any atom is 0.163 e. The fraction of sp³-hybridized carbons (Fsp3) is 0.273. The molecule has 0 aliphatic rings. The van der Waals surface area contributed by atoms with Gasteiger partial charge in [0.2, 0.25) is 0 Å². The summed E-state index contributed by atoms with van der Waals surface area (Å²) < 4.78 is 0. The van der Waals surface area contributed by atoms with E-state index in [2.05, 4.69) is 11.1 Å². The molecule has 1 atom stereocenters. The highest BCUT2D eigenvalue weighted by Crippen LogP contribution is 2.14. The average molecular weight is 187 g/mol. The molecule has 0 aromatic heterocycles.